The second kappa shape index (κ2) is 19.0. The lowest BCUT2D eigenvalue weighted by atomic mass is 9.91. The number of ether oxygens (including phenoxy) is 1. The highest BCUT2D eigenvalue weighted by atomic mass is 32.2. The predicted molar refractivity (Wildman–Crippen MR) is 178 cm³/mol. The molecule has 0 bridgehead atoms. The average molecular weight is 688 g/mol. The van der Waals surface area contributed by atoms with Crippen molar-refractivity contribution in [3.05, 3.63) is 17.3 Å². The summed E-state index contributed by atoms with van der Waals surface area (Å²) in [6.07, 6.45) is -2.00. The summed E-state index contributed by atoms with van der Waals surface area (Å²) in [5.74, 6) is -2.09. The van der Waals surface area contributed by atoms with Gasteiger partial charge in [0.05, 0.1) is 23.1 Å². The number of nitrogens with zero attached hydrogens (tertiary/aromatic N) is 1. The molecular formula is C32H57N5O9S. The topological polar surface area (TPSA) is 206 Å². The Bertz CT molecular complexity index is 1290. The van der Waals surface area contributed by atoms with Crippen molar-refractivity contribution in [3.8, 4) is 0 Å². The van der Waals surface area contributed by atoms with E-state index in [1.54, 1.807) is 20.8 Å². The fourth-order valence-corrected chi connectivity index (χ4v) is 5.70. The third kappa shape index (κ3) is 14.6. The number of hydrogen-bond donors (Lipinski definition) is 5. The molecular weight excluding hydrogens is 630 g/mol. The fraction of sp³-hybridized carbons (Fsp3) is 0.781. The van der Waals surface area contributed by atoms with Crippen LogP contribution in [0.2, 0.25) is 0 Å². The summed E-state index contributed by atoms with van der Waals surface area (Å²) >= 11 is 0. The third-order valence-corrected chi connectivity index (χ3v) is 9.79. The molecule has 270 valence electrons. The molecule has 0 fully saturated rings. The number of carbonyl (C=O) groups is 4. The van der Waals surface area contributed by atoms with Gasteiger partial charge in [0, 0.05) is 19.4 Å². The van der Waals surface area contributed by atoms with Gasteiger partial charge in [0.25, 0.3) is 0 Å². The second-order valence-corrected chi connectivity index (χ2v) is 16.3. The Balaban J connectivity index is 3.07. The molecule has 0 spiro atoms. The highest BCUT2D eigenvalue weighted by molar-refractivity contribution is 7.92. The van der Waals surface area contributed by atoms with Crippen LogP contribution in [0, 0.1) is 37.5 Å². The Morgan fingerprint density at radius 1 is 0.851 bits per heavy atom. The number of aliphatic hydroxyl groups excluding tert-OH is 1. The molecule has 0 aliphatic rings. The van der Waals surface area contributed by atoms with Crippen molar-refractivity contribution < 1.29 is 41.9 Å². The van der Waals surface area contributed by atoms with Crippen LogP contribution in [0.15, 0.2) is 4.42 Å². The summed E-state index contributed by atoms with van der Waals surface area (Å²) in [6.45, 7) is 19.4. The van der Waals surface area contributed by atoms with Crippen LogP contribution in [-0.4, -0.2) is 84.1 Å². The van der Waals surface area contributed by atoms with Crippen LogP contribution in [0.1, 0.15) is 92.5 Å². The maximum atomic E-state index is 13.5. The molecule has 0 aliphatic carbocycles. The number of oxazole rings is 1. The van der Waals surface area contributed by atoms with Crippen molar-refractivity contribution in [2.45, 2.75) is 125 Å². The van der Waals surface area contributed by atoms with E-state index >= 15 is 0 Å². The van der Waals surface area contributed by atoms with E-state index in [4.69, 9.17) is 9.15 Å². The average Bonchev–Trinajstić information content (AvgIpc) is 3.27. The molecule has 0 saturated heterocycles. The Morgan fingerprint density at radius 3 is 1.96 bits per heavy atom. The van der Waals surface area contributed by atoms with Crippen molar-refractivity contribution in [3.63, 3.8) is 0 Å². The number of nitrogens with one attached hydrogen (secondary N) is 4. The van der Waals surface area contributed by atoms with Crippen molar-refractivity contribution in [2.75, 3.05) is 12.3 Å². The van der Waals surface area contributed by atoms with E-state index in [-0.39, 0.29) is 36.7 Å². The molecule has 5 N–H and O–H groups in total. The first-order chi connectivity index (χ1) is 21.6. The fourth-order valence-electron chi connectivity index (χ4n) is 4.61. The summed E-state index contributed by atoms with van der Waals surface area (Å²) < 4.78 is 36.1. The highest BCUT2D eigenvalue weighted by Crippen LogP contribution is 2.17. The zero-order valence-corrected chi connectivity index (χ0v) is 30.6. The summed E-state index contributed by atoms with van der Waals surface area (Å²) in [6, 6.07) is -3.18. The van der Waals surface area contributed by atoms with E-state index in [0.717, 1.165) is 0 Å². The van der Waals surface area contributed by atoms with Gasteiger partial charge in [-0.25, -0.2) is 18.2 Å². The highest BCUT2D eigenvalue weighted by Gasteiger charge is 2.34. The lowest BCUT2D eigenvalue weighted by molar-refractivity contribution is -0.132. The minimum atomic E-state index is -3.81. The van der Waals surface area contributed by atoms with E-state index in [9.17, 15) is 32.7 Å². The van der Waals surface area contributed by atoms with Gasteiger partial charge in [-0.05, 0) is 51.4 Å². The SMILES string of the molecule is Cc1nc(COC(=O)N[C@@H](CS(=O)(=O)C(C)C)C(=O)N[C@H](CC(C)C)[C@@H](O)C[C@@H](C)C(=O)N[C@@H](C(=O)NCC(C)C)C(C)C)c(C)o1. The van der Waals surface area contributed by atoms with Gasteiger partial charge < -0.3 is 35.5 Å². The summed E-state index contributed by atoms with van der Waals surface area (Å²) in [4.78, 5) is 56.2. The Labute approximate surface area is 279 Å². The molecule has 0 radical (unpaired) electrons. The summed E-state index contributed by atoms with van der Waals surface area (Å²) in [7, 11) is -3.81. The Hall–Kier alpha value is -3.20. The van der Waals surface area contributed by atoms with Gasteiger partial charge in [-0.3, -0.25) is 14.4 Å². The molecule has 1 heterocycles. The largest absolute Gasteiger partial charge is 0.446 e. The first kappa shape index (κ1) is 41.8. The van der Waals surface area contributed by atoms with Gasteiger partial charge >= 0.3 is 6.09 Å². The number of aryl methyl sites for hydroxylation is 2. The number of sulfone groups is 1. The minimum Gasteiger partial charge on any atom is -0.446 e. The quantitative estimate of drug-likeness (QED) is 0.144. The molecule has 1 aromatic rings. The van der Waals surface area contributed by atoms with Crippen LogP contribution >= 0.6 is 0 Å². The molecule has 15 heteroatoms. The van der Waals surface area contributed by atoms with Crippen molar-refractivity contribution in [1.82, 2.24) is 26.3 Å². The smallest absolute Gasteiger partial charge is 0.408 e. The van der Waals surface area contributed by atoms with Crippen LogP contribution in [0.3, 0.4) is 0 Å². The Morgan fingerprint density at radius 2 is 1.47 bits per heavy atom. The normalized spacial score (nSPS) is 15.2. The maximum Gasteiger partial charge on any atom is 0.408 e. The van der Waals surface area contributed by atoms with Gasteiger partial charge in [0.1, 0.15) is 30.1 Å². The van der Waals surface area contributed by atoms with E-state index in [0.29, 0.717) is 30.3 Å². The monoisotopic (exact) mass is 687 g/mol. The van der Waals surface area contributed by atoms with Crippen molar-refractivity contribution in [1.29, 1.82) is 0 Å². The van der Waals surface area contributed by atoms with Gasteiger partial charge in [-0.1, -0.05) is 48.5 Å². The molecule has 0 unspecified atom stereocenters. The number of carbonyl (C=O) groups excluding carboxylic acids is 4. The van der Waals surface area contributed by atoms with Crippen LogP contribution in [0.5, 0.6) is 0 Å². The molecule has 5 atom stereocenters. The summed E-state index contributed by atoms with van der Waals surface area (Å²) in [5.41, 5.74) is 0.377. The lowest BCUT2D eigenvalue weighted by Gasteiger charge is -2.30. The van der Waals surface area contributed by atoms with Gasteiger partial charge in [-0.15, -0.1) is 0 Å². The molecule has 0 aliphatic heterocycles. The van der Waals surface area contributed by atoms with Gasteiger partial charge in [0.2, 0.25) is 17.7 Å². The molecule has 1 rings (SSSR count). The molecule has 1 aromatic heterocycles. The van der Waals surface area contributed by atoms with E-state index in [1.807, 2.05) is 41.5 Å². The van der Waals surface area contributed by atoms with Crippen LogP contribution in [0.25, 0.3) is 0 Å². The van der Waals surface area contributed by atoms with Crippen LogP contribution < -0.4 is 21.3 Å². The third-order valence-electron chi connectivity index (χ3n) is 7.56. The number of aromatic nitrogens is 1. The van der Waals surface area contributed by atoms with Gasteiger partial charge in [0.15, 0.2) is 15.7 Å². The molecule has 14 nitrogen and oxygen atoms in total. The first-order valence-electron chi connectivity index (χ1n) is 16.3. The molecule has 0 saturated carbocycles. The van der Waals surface area contributed by atoms with E-state index < -0.39 is 68.9 Å². The van der Waals surface area contributed by atoms with Crippen molar-refractivity contribution >= 4 is 33.7 Å². The van der Waals surface area contributed by atoms with Gasteiger partial charge in [-0.2, -0.15) is 0 Å². The summed E-state index contributed by atoms with van der Waals surface area (Å²) in [5, 5.41) is 21.1. The maximum absolute atomic E-state index is 13.5. The molecule has 47 heavy (non-hydrogen) atoms. The predicted octanol–water partition coefficient (Wildman–Crippen LogP) is 2.54. The molecule has 4 amide bonds. The molecule has 0 aromatic carbocycles. The number of aliphatic hydroxyl groups is 1. The standard InChI is InChI=1S/C32H57N5O9S/c1-17(2)12-24(27(38)13-21(9)29(39)37-28(19(5)6)31(41)33-14-18(3)4)35-30(40)26(16-47(43,44)20(7)8)36-32(42)45-15-25-22(10)46-23(11)34-25/h17-21,24,26-28,38H,12-16H2,1-11H3,(H,33,41)(H,35,40)(H,36,42)(H,37,39)/t21-,24-,26+,27+,28-/m1/s1. The lowest BCUT2D eigenvalue weighted by Crippen LogP contribution is -2.56. The number of hydrogen-bond acceptors (Lipinski definition) is 10. The number of rotatable bonds is 19. The second-order valence-electron chi connectivity index (χ2n) is 13.7. The zero-order valence-electron chi connectivity index (χ0n) is 29.8. The minimum absolute atomic E-state index is 0.000940. The first-order valence-corrected chi connectivity index (χ1v) is 18.0. The van der Waals surface area contributed by atoms with E-state index in [1.165, 1.54) is 13.8 Å². The van der Waals surface area contributed by atoms with Crippen LogP contribution in [0.4, 0.5) is 4.79 Å². The van der Waals surface area contributed by atoms with Crippen LogP contribution in [-0.2, 0) is 35.6 Å². The number of alkyl carbamates (subject to hydrolysis) is 1. The number of amides is 4. The van der Waals surface area contributed by atoms with Crippen molar-refractivity contribution in [2.24, 2.45) is 23.7 Å². The zero-order chi connectivity index (χ0) is 36.2. The Kier molecular flexibility index (Phi) is 16.9. The van der Waals surface area contributed by atoms with E-state index in [2.05, 4.69) is 26.3 Å².